The molecular formula is C20H17F2N2O4P. The van der Waals surface area contributed by atoms with E-state index in [4.69, 9.17) is 4.74 Å². The van der Waals surface area contributed by atoms with Gasteiger partial charge in [-0.15, -0.1) is 9.46 Å². The van der Waals surface area contributed by atoms with E-state index in [1.54, 1.807) is 37.6 Å². The number of aromatic nitrogens is 2. The number of benzene rings is 2. The van der Waals surface area contributed by atoms with Crippen LogP contribution in [0.3, 0.4) is 0 Å². The van der Waals surface area contributed by atoms with Crippen LogP contribution >= 0.6 is 7.60 Å². The average molecular weight is 418 g/mol. The minimum absolute atomic E-state index is 0.431. The molecule has 29 heavy (non-hydrogen) atoms. The third kappa shape index (κ3) is 3.74. The lowest BCUT2D eigenvalue weighted by atomic mass is 10.1. The predicted molar refractivity (Wildman–Crippen MR) is 105 cm³/mol. The SMILES string of the molecule is COc1ccc2c(c1)c1ncccc1n2Cc1ccc(CP(=O)(OF)OF)cc1. The summed E-state index contributed by atoms with van der Waals surface area (Å²) in [6.07, 6.45) is 1.25. The highest BCUT2D eigenvalue weighted by molar-refractivity contribution is 7.52. The third-order valence-electron chi connectivity index (χ3n) is 4.78. The molecule has 0 radical (unpaired) electrons. The van der Waals surface area contributed by atoms with E-state index < -0.39 is 13.8 Å². The van der Waals surface area contributed by atoms with E-state index in [0.29, 0.717) is 12.1 Å². The van der Waals surface area contributed by atoms with E-state index in [2.05, 4.69) is 19.0 Å². The van der Waals surface area contributed by atoms with Crippen LogP contribution in [-0.4, -0.2) is 16.7 Å². The molecule has 0 atom stereocenters. The van der Waals surface area contributed by atoms with Gasteiger partial charge in [-0.2, -0.15) is 0 Å². The quantitative estimate of drug-likeness (QED) is 0.358. The van der Waals surface area contributed by atoms with Crippen LogP contribution in [-0.2, 0) is 26.7 Å². The molecule has 0 saturated carbocycles. The molecule has 0 amide bonds. The van der Waals surface area contributed by atoms with Crippen molar-refractivity contribution in [3.63, 3.8) is 0 Å². The Morgan fingerprint density at radius 3 is 2.41 bits per heavy atom. The molecule has 0 saturated heterocycles. The smallest absolute Gasteiger partial charge is 0.399 e. The van der Waals surface area contributed by atoms with Gasteiger partial charge in [-0.1, -0.05) is 24.3 Å². The number of pyridine rings is 1. The first-order chi connectivity index (χ1) is 14.1. The molecule has 0 N–H and O–H groups in total. The average Bonchev–Trinajstić information content (AvgIpc) is 3.08. The van der Waals surface area contributed by atoms with Crippen LogP contribution in [0.4, 0.5) is 9.05 Å². The minimum Gasteiger partial charge on any atom is -0.497 e. The molecule has 0 unspecified atom stereocenters. The summed E-state index contributed by atoms with van der Waals surface area (Å²) in [5, 5.41) is 0.984. The summed E-state index contributed by atoms with van der Waals surface area (Å²) in [5.41, 5.74) is 4.23. The van der Waals surface area contributed by atoms with E-state index in [9.17, 15) is 13.6 Å². The Morgan fingerprint density at radius 2 is 1.72 bits per heavy atom. The molecule has 150 valence electrons. The standard InChI is InChI=1S/C20H17F2N2O4P/c1-26-16-8-9-18-17(11-16)20-19(3-2-10-23-20)24(18)12-14-4-6-15(7-5-14)13-29(25,27-21)28-22/h2-11H,12-13H2,1H3. The fourth-order valence-electron chi connectivity index (χ4n) is 3.41. The molecule has 0 aliphatic carbocycles. The molecule has 9 heteroatoms. The van der Waals surface area contributed by atoms with Crippen molar-refractivity contribution < 1.29 is 27.8 Å². The molecule has 4 aromatic rings. The molecule has 0 aliphatic heterocycles. The Bertz CT molecular complexity index is 1200. The highest BCUT2D eigenvalue weighted by Gasteiger charge is 2.28. The van der Waals surface area contributed by atoms with E-state index in [0.717, 1.165) is 33.2 Å². The number of methoxy groups -OCH3 is 1. The molecule has 6 nitrogen and oxygen atoms in total. The number of halogens is 2. The Labute approximate surface area is 165 Å². The summed E-state index contributed by atoms with van der Waals surface area (Å²) in [6, 6.07) is 16.6. The molecule has 0 bridgehead atoms. The zero-order valence-corrected chi connectivity index (χ0v) is 16.3. The summed E-state index contributed by atoms with van der Waals surface area (Å²) in [5.74, 6) is 0.751. The van der Waals surface area contributed by atoms with Gasteiger partial charge in [0.05, 0.1) is 29.8 Å². The van der Waals surface area contributed by atoms with E-state index in [1.165, 1.54) is 0 Å². The lowest BCUT2D eigenvalue weighted by Crippen LogP contribution is -2.00. The van der Waals surface area contributed by atoms with Crippen molar-refractivity contribution in [2.45, 2.75) is 12.7 Å². The summed E-state index contributed by atoms with van der Waals surface area (Å²) < 4.78 is 49.9. The largest absolute Gasteiger partial charge is 0.497 e. The first-order valence-electron chi connectivity index (χ1n) is 8.75. The molecule has 4 rings (SSSR count). The maximum atomic E-state index is 12.3. The predicted octanol–water partition coefficient (Wildman–Crippen LogP) is 5.74. The van der Waals surface area contributed by atoms with Crippen molar-refractivity contribution in [1.29, 1.82) is 0 Å². The molecule has 2 heterocycles. The molecule has 0 fully saturated rings. The Hall–Kier alpha value is -2.80. The van der Waals surface area contributed by atoms with E-state index in [1.807, 2.05) is 30.3 Å². The highest BCUT2D eigenvalue weighted by Crippen LogP contribution is 2.52. The van der Waals surface area contributed by atoms with Crippen molar-refractivity contribution in [3.05, 3.63) is 71.9 Å². The lowest BCUT2D eigenvalue weighted by Gasteiger charge is -2.10. The Balaban J connectivity index is 1.70. The fourth-order valence-corrected chi connectivity index (χ4v) is 4.18. The first-order valence-corrected chi connectivity index (χ1v) is 10.5. The molecule has 0 aliphatic rings. The number of ether oxygens (including phenoxy) is 1. The van der Waals surface area contributed by atoms with Gasteiger partial charge in [0, 0.05) is 18.1 Å². The summed E-state index contributed by atoms with van der Waals surface area (Å²) >= 11 is 0. The van der Waals surface area contributed by atoms with Gasteiger partial charge in [-0.05, 0) is 50.5 Å². The van der Waals surface area contributed by atoms with Crippen molar-refractivity contribution in [3.8, 4) is 5.75 Å². The summed E-state index contributed by atoms with van der Waals surface area (Å²) in [7, 11) is -2.79. The van der Waals surface area contributed by atoms with Crippen molar-refractivity contribution in [2.24, 2.45) is 0 Å². The van der Waals surface area contributed by atoms with Crippen LogP contribution in [0.5, 0.6) is 5.75 Å². The van der Waals surface area contributed by atoms with Crippen LogP contribution in [0.15, 0.2) is 60.8 Å². The van der Waals surface area contributed by atoms with E-state index in [-0.39, 0.29) is 0 Å². The molecular weight excluding hydrogens is 401 g/mol. The van der Waals surface area contributed by atoms with Gasteiger partial charge in [0.1, 0.15) is 5.75 Å². The van der Waals surface area contributed by atoms with Gasteiger partial charge in [0.25, 0.3) is 0 Å². The number of nitrogens with zero attached hydrogens (tertiary/aromatic N) is 2. The van der Waals surface area contributed by atoms with Gasteiger partial charge in [-0.25, -0.2) is 0 Å². The highest BCUT2D eigenvalue weighted by atomic mass is 31.2. The topological polar surface area (TPSA) is 62.6 Å². The normalized spacial score (nSPS) is 12.0. The number of hydrogen-bond donors (Lipinski definition) is 0. The van der Waals surface area contributed by atoms with Crippen LogP contribution < -0.4 is 4.74 Å². The Morgan fingerprint density at radius 1 is 1.00 bits per heavy atom. The van der Waals surface area contributed by atoms with Crippen LogP contribution in [0.25, 0.3) is 21.9 Å². The van der Waals surface area contributed by atoms with Gasteiger partial charge >= 0.3 is 7.60 Å². The zero-order chi connectivity index (χ0) is 20.4. The lowest BCUT2D eigenvalue weighted by molar-refractivity contribution is -0.0881. The number of hydrogen-bond acceptors (Lipinski definition) is 5. The van der Waals surface area contributed by atoms with E-state index >= 15 is 0 Å². The second-order valence-corrected chi connectivity index (χ2v) is 8.38. The van der Waals surface area contributed by atoms with Crippen molar-refractivity contribution in [1.82, 2.24) is 9.55 Å². The van der Waals surface area contributed by atoms with Crippen molar-refractivity contribution in [2.75, 3.05) is 7.11 Å². The third-order valence-corrected chi connectivity index (χ3v) is 5.95. The second-order valence-electron chi connectivity index (χ2n) is 6.56. The van der Waals surface area contributed by atoms with Crippen molar-refractivity contribution >= 4 is 29.5 Å². The number of fused-ring (bicyclic) bond motifs is 3. The van der Waals surface area contributed by atoms with Gasteiger partial charge < -0.3 is 9.30 Å². The summed E-state index contributed by atoms with van der Waals surface area (Å²) in [4.78, 5) is 4.51. The van der Waals surface area contributed by atoms with Crippen LogP contribution in [0, 0.1) is 0 Å². The fraction of sp³-hybridized carbons (Fsp3) is 0.150. The second kappa shape index (κ2) is 7.91. The zero-order valence-electron chi connectivity index (χ0n) is 15.4. The van der Waals surface area contributed by atoms with Crippen LogP contribution in [0.2, 0.25) is 0 Å². The summed E-state index contributed by atoms with van der Waals surface area (Å²) in [6.45, 7) is 0.551. The number of rotatable bonds is 7. The first kappa shape index (κ1) is 19.5. The van der Waals surface area contributed by atoms with Gasteiger partial charge in [0.2, 0.25) is 0 Å². The molecule has 2 aromatic carbocycles. The van der Waals surface area contributed by atoms with Gasteiger partial charge in [-0.3, -0.25) is 9.55 Å². The minimum atomic E-state index is -4.41. The molecule has 0 spiro atoms. The monoisotopic (exact) mass is 418 g/mol. The Kier molecular flexibility index (Phi) is 5.32. The van der Waals surface area contributed by atoms with Crippen LogP contribution in [0.1, 0.15) is 11.1 Å². The maximum Gasteiger partial charge on any atom is 0.399 e. The maximum absolute atomic E-state index is 12.3. The van der Waals surface area contributed by atoms with Gasteiger partial charge in [0.15, 0.2) is 0 Å². The molecule has 2 aromatic heterocycles.